The topological polar surface area (TPSA) is 187 Å². The standard InChI is InChI=1S/C3H8ClO2P.C2H7O2P.CH2Cl2O3S.K.H2O4S/c1-7(2,5)6-3-4;1-5(2,3)4;2-1-6-7(3,4)5;;1-5(2,3)4/h3H2,1-2H3;1-2H3,(H,3,4);1H2;;(H2,1,2,3,4)/q;;;+1;/p-2. The molecule has 0 aliphatic rings. The molecule has 0 heterocycles. The molecule has 0 saturated carbocycles. The van der Waals surface area contributed by atoms with E-state index in [-0.39, 0.29) is 57.5 Å². The van der Waals surface area contributed by atoms with Crippen molar-refractivity contribution in [3.8, 4) is 0 Å². The van der Waals surface area contributed by atoms with E-state index in [1.807, 2.05) is 0 Å². The van der Waals surface area contributed by atoms with E-state index >= 15 is 0 Å². The third kappa shape index (κ3) is 143. The summed E-state index contributed by atoms with van der Waals surface area (Å²) in [5.74, 6) is 0. The van der Waals surface area contributed by atoms with E-state index in [1.165, 1.54) is 26.7 Å². The Balaban J connectivity index is -0.0000000711. The molecule has 0 aromatic rings. The van der Waals surface area contributed by atoms with Crippen LogP contribution >= 0.6 is 48.6 Å². The van der Waals surface area contributed by atoms with Crippen molar-refractivity contribution in [2.75, 3.05) is 38.8 Å². The molecule has 25 heavy (non-hydrogen) atoms. The van der Waals surface area contributed by atoms with Crippen LogP contribution in [0.15, 0.2) is 0 Å². The van der Waals surface area contributed by atoms with Crippen molar-refractivity contribution in [2.24, 2.45) is 0 Å². The maximum Gasteiger partial charge on any atom is 1.00 e. The van der Waals surface area contributed by atoms with Crippen LogP contribution in [0.3, 0.4) is 0 Å². The molecule has 0 radical (unpaired) electrons. The van der Waals surface area contributed by atoms with Gasteiger partial charge in [-0.3, -0.25) is 9.12 Å². The van der Waals surface area contributed by atoms with Crippen LogP contribution in [-0.4, -0.2) is 64.7 Å². The van der Waals surface area contributed by atoms with Gasteiger partial charge in [0.25, 0.3) is 0 Å². The molecule has 11 nitrogen and oxygen atoms in total. The largest absolute Gasteiger partial charge is 1.00 e. The van der Waals surface area contributed by atoms with Crippen molar-refractivity contribution >= 4 is 68.4 Å². The predicted octanol–water partition coefficient (Wildman–Crippen LogP) is -1.69. The number of hydrogen-bond donors (Lipinski definition) is 1. The van der Waals surface area contributed by atoms with Crippen molar-refractivity contribution in [1.29, 1.82) is 0 Å². The summed E-state index contributed by atoms with van der Waals surface area (Å²) in [5, 5.41) is 0. The number of halogens is 3. The zero-order valence-electron chi connectivity index (χ0n) is 13.8. The minimum Gasteiger partial charge on any atom is -0.800 e. The van der Waals surface area contributed by atoms with E-state index in [4.69, 9.17) is 40.7 Å². The minimum absolute atomic E-state index is 0. The monoisotopic (exact) mass is 535 g/mol. The van der Waals surface area contributed by atoms with E-state index < -0.39 is 40.5 Å². The Hall–Kier alpha value is 2.67. The molecule has 0 bridgehead atoms. The molecule has 0 aromatic heterocycles. The van der Waals surface area contributed by atoms with Crippen LogP contribution in [0, 0.1) is 0 Å². The summed E-state index contributed by atoms with van der Waals surface area (Å²) in [7, 11) is -9.44. The van der Waals surface area contributed by atoms with Crippen LogP contribution in [0.2, 0.25) is 0 Å². The molecular weight excluding hydrogens is 520 g/mol. The normalized spacial score (nSPS) is 11.3. The first-order valence-corrected chi connectivity index (χ1v) is 14.7. The molecule has 0 rings (SSSR count). The Kier molecular flexibility index (Phi) is 28.6. The molecule has 1 N–H and O–H groups in total. The number of alkyl halides is 2. The molecule has 152 valence electrons. The van der Waals surface area contributed by atoms with Gasteiger partial charge in [-0.15, -0.1) is 0 Å². The SMILES string of the molecule is CP(C)(=O)OCCl.CP(C)(=O)[O-].O=S(=O)(Cl)OCCl.O=S(=O)([O-])O.[K+]. The molecule has 19 heteroatoms. The van der Waals surface area contributed by atoms with E-state index in [0.717, 1.165) is 0 Å². The molecule has 0 aliphatic carbocycles. The van der Waals surface area contributed by atoms with E-state index in [0.29, 0.717) is 0 Å². The quantitative estimate of drug-likeness (QED) is 0.108. The first-order valence-electron chi connectivity index (χ1n) is 4.97. The molecule has 0 saturated heterocycles. The van der Waals surface area contributed by atoms with E-state index in [1.54, 1.807) is 0 Å². The second kappa shape index (κ2) is 18.7. The third-order valence-electron chi connectivity index (χ3n) is 0.545. The van der Waals surface area contributed by atoms with Crippen molar-refractivity contribution < 1.29 is 100 Å². The average Bonchev–Trinajstić information content (AvgIpc) is 2.07. The zero-order chi connectivity index (χ0) is 20.8. The Morgan fingerprint density at radius 3 is 1.24 bits per heavy atom. The average molecular weight is 537 g/mol. The van der Waals surface area contributed by atoms with Crippen LogP contribution in [0.4, 0.5) is 0 Å². The fourth-order valence-electron chi connectivity index (χ4n) is 0.171. The number of hydrogen-bond acceptors (Lipinski definition) is 10. The summed E-state index contributed by atoms with van der Waals surface area (Å²) in [5.41, 5.74) is 0. The first kappa shape index (κ1) is 38.3. The minimum atomic E-state index is -4.92. The van der Waals surface area contributed by atoms with Gasteiger partial charge in [-0.05, 0) is 13.3 Å². The van der Waals surface area contributed by atoms with Crippen molar-refractivity contribution in [1.82, 2.24) is 0 Å². The van der Waals surface area contributed by atoms with Gasteiger partial charge in [0.05, 0.1) is 0 Å². The Morgan fingerprint density at radius 2 is 1.24 bits per heavy atom. The van der Waals surface area contributed by atoms with Crippen molar-refractivity contribution in [3.05, 3.63) is 0 Å². The maximum atomic E-state index is 10.5. The Morgan fingerprint density at radius 1 is 1.00 bits per heavy atom. The van der Waals surface area contributed by atoms with E-state index in [9.17, 15) is 22.4 Å². The molecule has 0 fully saturated rings. The van der Waals surface area contributed by atoms with Crippen LogP contribution in [0.5, 0.6) is 0 Å². The maximum absolute atomic E-state index is 10.5. The van der Waals surface area contributed by atoms with Crippen molar-refractivity contribution in [2.45, 2.75) is 0 Å². The van der Waals surface area contributed by atoms with Gasteiger partial charge < -0.3 is 18.5 Å². The van der Waals surface area contributed by atoms with Gasteiger partial charge in [-0.2, -0.15) is 8.42 Å². The third-order valence-corrected chi connectivity index (χ3v) is 2.46. The summed E-state index contributed by atoms with van der Waals surface area (Å²) in [6.45, 7) is 5.42. The Bertz CT molecular complexity index is 583. The molecule has 0 amide bonds. The summed E-state index contributed by atoms with van der Waals surface area (Å²) < 4.78 is 80.7. The smallest absolute Gasteiger partial charge is 0.800 e. The predicted molar refractivity (Wildman–Crippen MR) is 89.6 cm³/mol. The molecule has 0 aromatic carbocycles. The van der Waals surface area contributed by atoms with Crippen LogP contribution in [0.25, 0.3) is 0 Å². The van der Waals surface area contributed by atoms with Gasteiger partial charge in [0, 0.05) is 31.4 Å². The fraction of sp³-hybridized carbons (Fsp3) is 1.00. The van der Waals surface area contributed by atoms with Gasteiger partial charge >= 0.3 is 60.7 Å². The summed E-state index contributed by atoms with van der Waals surface area (Å²) in [6.07, 6.45) is 0. The van der Waals surface area contributed by atoms with Crippen LogP contribution in [0.1, 0.15) is 0 Å². The molecule has 0 spiro atoms. The fourth-order valence-corrected chi connectivity index (χ4v) is 1.84. The van der Waals surface area contributed by atoms with Crippen LogP contribution in [-0.2, 0) is 37.6 Å². The van der Waals surface area contributed by atoms with Gasteiger partial charge in [0.1, 0.15) is 12.1 Å². The van der Waals surface area contributed by atoms with Crippen LogP contribution < -0.4 is 56.3 Å². The van der Waals surface area contributed by atoms with Gasteiger partial charge in [0.15, 0.2) is 7.37 Å². The second-order valence-corrected chi connectivity index (χ2v) is 12.5. The van der Waals surface area contributed by atoms with Gasteiger partial charge in [0.2, 0.25) is 10.4 Å². The Labute approximate surface area is 204 Å². The van der Waals surface area contributed by atoms with Gasteiger partial charge in [-0.25, -0.2) is 12.6 Å². The van der Waals surface area contributed by atoms with E-state index in [2.05, 4.69) is 19.4 Å². The number of rotatable bonds is 4. The zero-order valence-corrected chi connectivity index (χ0v) is 22.6. The summed E-state index contributed by atoms with van der Waals surface area (Å²) in [4.78, 5) is 9.66. The summed E-state index contributed by atoms with van der Waals surface area (Å²) in [6, 6.07) is -0.421. The molecule has 0 unspecified atom stereocenters. The summed E-state index contributed by atoms with van der Waals surface area (Å²) >= 11 is 9.89. The molecular formula is C6H17Cl3KO11P2S2-. The first-order chi connectivity index (χ1) is 10.1. The van der Waals surface area contributed by atoms with Crippen molar-refractivity contribution in [3.63, 3.8) is 0 Å². The second-order valence-electron chi connectivity index (χ2n) is 3.79. The van der Waals surface area contributed by atoms with Gasteiger partial charge in [-0.1, -0.05) is 23.2 Å². The molecule has 0 atom stereocenters. The molecule has 0 aliphatic heterocycles.